The van der Waals surface area contributed by atoms with Crippen LogP contribution in [0, 0.1) is 40.4 Å². The second kappa shape index (κ2) is 12.0. The summed E-state index contributed by atoms with van der Waals surface area (Å²) < 4.78 is 34.2. The quantitative estimate of drug-likeness (QED) is 0.122. The predicted octanol–water partition coefficient (Wildman–Crippen LogP) is -2.29. The summed E-state index contributed by atoms with van der Waals surface area (Å²) in [6, 6.07) is 0. The SMILES string of the molecule is COC(=O)[C@@]12OC[C@]34C(C(O)C1O)[C@@]1(C)C=C(O[C@@H]5O[C@H](CO)[C@@H](O)[C@H](O)[C@H]5O)C(=O)C(C)C1C[C@H]3OC(=O)[C@H](OC(=O)CC(C)C)[C@H]42. The third kappa shape index (κ3) is 4.63. The highest BCUT2D eigenvalue weighted by Gasteiger charge is 2.85. The van der Waals surface area contributed by atoms with Crippen molar-refractivity contribution in [3.63, 3.8) is 0 Å². The van der Waals surface area contributed by atoms with E-state index in [9.17, 15) is 49.8 Å². The van der Waals surface area contributed by atoms with Gasteiger partial charge in [0.05, 0.1) is 32.3 Å². The van der Waals surface area contributed by atoms with Gasteiger partial charge in [-0.15, -0.1) is 0 Å². The number of fused-ring (bicyclic) bond motifs is 2. The number of methoxy groups -OCH3 is 1. The Morgan fingerprint density at radius 3 is 2.35 bits per heavy atom. The zero-order valence-corrected chi connectivity index (χ0v) is 27.3. The standard InChI is InChI=1S/C32H44O16/c1-11(2)6-17(34)48-23-25-31-10-44-32(25,29(42)43-5)26(40)22(39)24(31)30(4)8-14(18(35)12(3)13(30)7-16(31)47-27(23)41)45-28-21(38)20(37)19(36)15(9-33)46-28/h8,11-13,15-16,19-26,28,33,36-40H,6-7,9-10H2,1-5H3/t12?,13?,15-,16-,19-,20+,21-,22?,23-,24?,25-,26?,28-,30+,31-,32+/m1/s1. The summed E-state index contributed by atoms with van der Waals surface area (Å²) >= 11 is 0. The minimum Gasteiger partial charge on any atom is -0.467 e. The highest BCUT2D eigenvalue weighted by atomic mass is 16.7. The van der Waals surface area contributed by atoms with E-state index in [1.165, 1.54) is 6.08 Å². The van der Waals surface area contributed by atoms with E-state index >= 15 is 0 Å². The van der Waals surface area contributed by atoms with Crippen LogP contribution in [0.1, 0.15) is 40.5 Å². The normalized spacial score (nSPS) is 49.3. The van der Waals surface area contributed by atoms with E-state index in [-0.39, 0.29) is 31.1 Å². The van der Waals surface area contributed by atoms with Gasteiger partial charge in [0, 0.05) is 23.7 Å². The first-order valence-electron chi connectivity index (χ1n) is 16.2. The Bertz CT molecular complexity index is 1380. The first-order chi connectivity index (χ1) is 22.5. The molecule has 3 aliphatic carbocycles. The molecule has 3 aliphatic heterocycles. The minimum atomic E-state index is -2.32. The number of aliphatic hydroxyl groups excluding tert-OH is 6. The lowest BCUT2D eigenvalue weighted by molar-refractivity contribution is -0.296. The number of Topliss-reactive ketones (excluding diaryl/α,β-unsaturated/α-hetero) is 1. The molecular formula is C32H44O16. The summed E-state index contributed by atoms with van der Waals surface area (Å²) in [5, 5.41) is 64.6. The van der Waals surface area contributed by atoms with Gasteiger partial charge in [-0.3, -0.25) is 9.59 Å². The number of ether oxygens (including phenoxy) is 6. The molecule has 3 heterocycles. The topological polar surface area (TPSA) is 245 Å². The Balaban J connectivity index is 1.47. The van der Waals surface area contributed by atoms with E-state index in [4.69, 9.17) is 28.4 Å². The maximum atomic E-state index is 13.8. The highest BCUT2D eigenvalue weighted by molar-refractivity contribution is 5.96. The van der Waals surface area contributed by atoms with Gasteiger partial charge < -0.3 is 59.1 Å². The third-order valence-electron chi connectivity index (χ3n) is 11.7. The summed E-state index contributed by atoms with van der Waals surface area (Å²) in [4.78, 5) is 54.0. The zero-order chi connectivity index (χ0) is 35.2. The molecule has 0 aromatic heterocycles. The molecule has 16 atom stereocenters. The molecule has 1 spiro atoms. The van der Waals surface area contributed by atoms with Crippen LogP contribution in [0.3, 0.4) is 0 Å². The molecule has 0 radical (unpaired) electrons. The third-order valence-corrected chi connectivity index (χ3v) is 11.7. The maximum Gasteiger partial charge on any atom is 0.348 e. The van der Waals surface area contributed by atoms with Crippen molar-refractivity contribution in [3.05, 3.63) is 11.8 Å². The van der Waals surface area contributed by atoms with E-state index in [1.807, 2.05) is 0 Å². The van der Waals surface area contributed by atoms with E-state index < -0.39 is 126 Å². The Morgan fingerprint density at radius 2 is 1.73 bits per heavy atom. The summed E-state index contributed by atoms with van der Waals surface area (Å²) in [7, 11) is 1.06. The first-order valence-corrected chi connectivity index (χ1v) is 16.2. The lowest BCUT2D eigenvalue weighted by atomic mass is 9.38. The summed E-state index contributed by atoms with van der Waals surface area (Å²) in [6.07, 6.45) is -13.3. The van der Waals surface area contributed by atoms with Gasteiger partial charge in [-0.2, -0.15) is 0 Å². The van der Waals surface area contributed by atoms with Crippen molar-refractivity contribution in [2.75, 3.05) is 20.3 Å². The van der Waals surface area contributed by atoms with E-state index in [0.717, 1.165) is 7.11 Å². The fourth-order valence-corrected chi connectivity index (χ4v) is 9.70. The van der Waals surface area contributed by atoms with Crippen molar-refractivity contribution in [1.82, 2.24) is 0 Å². The van der Waals surface area contributed by atoms with Crippen LogP contribution in [0.2, 0.25) is 0 Å². The molecule has 5 fully saturated rings. The van der Waals surface area contributed by atoms with Gasteiger partial charge in [0.15, 0.2) is 11.5 Å². The number of ketones is 1. The molecule has 5 unspecified atom stereocenters. The van der Waals surface area contributed by atoms with Crippen molar-refractivity contribution in [1.29, 1.82) is 0 Å². The van der Waals surface area contributed by atoms with Gasteiger partial charge in [-0.1, -0.05) is 27.7 Å². The number of allylic oxidation sites excluding steroid dienone is 2. The Labute approximate surface area is 275 Å². The molecule has 0 amide bonds. The molecular weight excluding hydrogens is 640 g/mol. The minimum absolute atomic E-state index is 0.0576. The number of rotatable bonds is 7. The van der Waals surface area contributed by atoms with Crippen LogP contribution < -0.4 is 0 Å². The van der Waals surface area contributed by atoms with Crippen LogP contribution in [-0.4, -0.2) is 135 Å². The smallest absolute Gasteiger partial charge is 0.348 e. The second-order valence-electron chi connectivity index (χ2n) is 14.7. The fraction of sp³-hybridized carbons (Fsp3) is 0.812. The van der Waals surface area contributed by atoms with Gasteiger partial charge in [0.1, 0.15) is 36.6 Å². The lowest BCUT2D eigenvalue weighted by Gasteiger charge is -2.67. The largest absolute Gasteiger partial charge is 0.467 e. The molecule has 6 aliphatic rings. The molecule has 0 aromatic carbocycles. The molecule has 0 aromatic rings. The Hall–Kier alpha value is -2.70. The van der Waals surface area contributed by atoms with Crippen LogP contribution in [0.4, 0.5) is 0 Å². The van der Waals surface area contributed by atoms with Crippen molar-refractivity contribution in [2.24, 2.45) is 40.4 Å². The van der Waals surface area contributed by atoms with E-state index in [2.05, 4.69) is 0 Å². The molecule has 268 valence electrons. The van der Waals surface area contributed by atoms with Gasteiger partial charge >= 0.3 is 17.9 Å². The van der Waals surface area contributed by atoms with Crippen LogP contribution in [0.5, 0.6) is 0 Å². The second-order valence-corrected chi connectivity index (χ2v) is 14.7. The van der Waals surface area contributed by atoms with Gasteiger partial charge in [0.2, 0.25) is 18.0 Å². The Kier molecular flexibility index (Phi) is 8.76. The molecule has 6 rings (SSSR count). The van der Waals surface area contributed by atoms with Crippen molar-refractivity contribution in [3.8, 4) is 0 Å². The van der Waals surface area contributed by atoms with Crippen LogP contribution in [-0.2, 0) is 47.6 Å². The molecule has 16 heteroatoms. The number of hydrogen-bond acceptors (Lipinski definition) is 16. The zero-order valence-electron chi connectivity index (χ0n) is 27.3. The lowest BCUT2D eigenvalue weighted by Crippen LogP contribution is -2.79. The number of aliphatic hydroxyl groups is 6. The molecule has 16 nitrogen and oxygen atoms in total. The summed E-state index contributed by atoms with van der Waals surface area (Å²) in [6.45, 7) is 5.84. The van der Waals surface area contributed by atoms with Crippen molar-refractivity contribution in [2.45, 2.75) is 101 Å². The summed E-state index contributed by atoms with van der Waals surface area (Å²) in [5.41, 5.74) is -5.03. The molecule has 2 bridgehead atoms. The van der Waals surface area contributed by atoms with Gasteiger partial charge in [0.25, 0.3) is 0 Å². The average molecular weight is 685 g/mol. The number of hydrogen-bond donors (Lipinski definition) is 6. The number of carbonyl (C=O) groups is 4. The van der Waals surface area contributed by atoms with Gasteiger partial charge in [-0.05, 0) is 29.7 Å². The van der Waals surface area contributed by atoms with E-state index in [0.29, 0.717) is 0 Å². The molecule has 6 N–H and O–H groups in total. The predicted molar refractivity (Wildman–Crippen MR) is 155 cm³/mol. The number of esters is 3. The molecule has 2 saturated carbocycles. The average Bonchev–Trinajstić information content (AvgIpc) is 3.34. The monoisotopic (exact) mass is 684 g/mol. The highest BCUT2D eigenvalue weighted by Crippen LogP contribution is 2.72. The van der Waals surface area contributed by atoms with Crippen LogP contribution in [0.15, 0.2) is 11.8 Å². The van der Waals surface area contributed by atoms with Gasteiger partial charge in [-0.25, -0.2) is 9.59 Å². The van der Waals surface area contributed by atoms with Crippen molar-refractivity contribution >= 4 is 23.7 Å². The van der Waals surface area contributed by atoms with Crippen molar-refractivity contribution < 1.29 is 78.2 Å². The summed E-state index contributed by atoms with van der Waals surface area (Å²) in [5.74, 6) is -7.71. The maximum absolute atomic E-state index is 13.8. The Morgan fingerprint density at radius 1 is 1.04 bits per heavy atom. The van der Waals surface area contributed by atoms with Crippen LogP contribution in [0.25, 0.3) is 0 Å². The molecule has 3 saturated heterocycles. The van der Waals surface area contributed by atoms with E-state index in [1.54, 1.807) is 27.7 Å². The van der Waals surface area contributed by atoms with Crippen LogP contribution >= 0.6 is 0 Å². The fourth-order valence-electron chi connectivity index (χ4n) is 9.70. The molecule has 48 heavy (non-hydrogen) atoms. The number of carbonyl (C=O) groups excluding carboxylic acids is 4. The first kappa shape index (κ1) is 35.1.